The van der Waals surface area contributed by atoms with Gasteiger partial charge in [0.2, 0.25) is 5.76 Å². The van der Waals surface area contributed by atoms with Crippen LogP contribution in [0.3, 0.4) is 0 Å². The van der Waals surface area contributed by atoms with Crippen LogP contribution in [0.15, 0.2) is 65.1 Å². The predicted octanol–water partition coefficient (Wildman–Crippen LogP) is 4.27. The van der Waals surface area contributed by atoms with Gasteiger partial charge in [-0.3, -0.25) is 4.79 Å². The number of para-hydroxylation sites is 1. The highest BCUT2D eigenvalue weighted by Gasteiger charge is 2.15. The number of rotatable bonds is 7. The van der Waals surface area contributed by atoms with Crippen molar-refractivity contribution in [3.63, 3.8) is 0 Å². The van der Waals surface area contributed by atoms with Gasteiger partial charge < -0.3 is 19.2 Å². The fraction of sp³-hybridized carbons (Fsp3) is 0.182. The van der Waals surface area contributed by atoms with Gasteiger partial charge in [-0.15, -0.1) is 0 Å². The second-order valence-corrected chi connectivity index (χ2v) is 6.29. The van der Waals surface area contributed by atoms with Gasteiger partial charge in [0, 0.05) is 5.69 Å². The largest absolute Gasteiger partial charge is 0.486 e. The van der Waals surface area contributed by atoms with E-state index in [1.54, 1.807) is 12.1 Å². The van der Waals surface area contributed by atoms with E-state index >= 15 is 0 Å². The molecule has 0 radical (unpaired) electrons. The molecule has 0 fully saturated rings. The average Bonchev–Trinajstić information content (AvgIpc) is 3.17. The lowest BCUT2D eigenvalue weighted by atomic mass is 10.1. The van der Waals surface area contributed by atoms with E-state index in [0.717, 1.165) is 11.1 Å². The van der Waals surface area contributed by atoms with E-state index in [1.165, 1.54) is 6.07 Å². The van der Waals surface area contributed by atoms with Crippen LogP contribution in [-0.4, -0.2) is 18.5 Å². The van der Waals surface area contributed by atoms with Crippen LogP contribution in [0.5, 0.6) is 5.75 Å². The van der Waals surface area contributed by atoms with Crippen molar-refractivity contribution >= 4 is 17.6 Å². The molecule has 1 heterocycles. The zero-order chi connectivity index (χ0) is 19.9. The zero-order valence-corrected chi connectivity index (χ0v) is 15.7. The first-order valence-electron chi connectivity index (χ1n) is 8.82. The molecule has 0 bridgehead atoms. The second kappa shape index (κ2) is 8.90. The SMILES string of the molecule is Cc1ccc(NC(=O)COC(=O)c2ccc(COc3ccccc3)o2)cc1C. The molecule has 144 valence electrons. The molecule has 3 aromatic rings. The monoisotopic (exact) mass is 379 g/mol. The number of hydrogen-bond acceptors (Lipinski definition) is 5. The minimum Gasteiger partial charge on any atom is -0.486 e. The summed E-state index contributed by atoms with van der Waals surface area (Å²) in [6.45, 7) is 3.74. The lowest BCUT2D eigenvalue weighted by Crippen LogP contribution is -2.20. The fourth-order valence-corrected chi connectivity index (χ4v) is 2.45. The molecule has 1 N–H and O–H groups in total. The second-order valence-electron chi connectivity index (χ2n) is 6.29. The fourth-order valence-electron chi connectivity index (χ4n) is 2.45. The molecule has 0 aliphatic heterocycles. The minimum atomic E-state index is -0.707. The molecule has 0 unspecified atom stereocenters. The van der Waals surface area contributed by atoms with Crippen molar-refractivity contribution in [1.29, 1.82) is 0 Å². The number of furan rings is 1. The Morgan fingerprint density at radius 2 is 1.75 bits per heavy atom. The molecular formula is C22H21NO5. The van der Waals surface area contributed by atoms with Gasteiger partial charge in [-0.25, -0.2) is 4.79 Å². The van der Waals surface area contributed by atoms with Gasteiger partial charge in [0.05, 0.1) is 0 Å². The van der Waals surface area contributed by atoms with Crippen LogP contribution in [0.4, 0.5) is 5.69 Å². The topological polar surface area (TPSA) is 77.8 Å². The van der Waals surface area contributed by atoms with Crippen LogP contribution in [0.2, 0.25) is 0 Å². The lowest BCUT2D eigenvalue weighted by Gasteiger charge is -2.08. The van der Waals surface area contributed by atoms with Crippen LogP contribution >= 0.6 is 0 Å². The van der Waals surface area contributed by atoms with E-state index in [2.05, 4.69) is 5.32 Å². The summed E-state index contributed by atoms with van der Waals surface area (Å²) in [5.41, 5.74) is 2.85. The number of anilines is 1. The van der Waals surface area contributed by atoms with Gasteiger partial charge in [0.15, 0.2) is 6.61 Å². The maximum Gasteiger partial charge on any atom is 0.374 e. The van der Waals surface area contributed by atoms with Gasteiger partial charge in [0.25, 0.3) is 5.91 Å². The number of nitrogens with one attached hydrogen (secondary N) is 1. The molecule has 0 aliphatic carbocycles. The third-order valence-corrected chi connectivity index (χ3v) is 4.11. The summed E-state index contributed by atoms with van der Waals surface area (Å²) in [4.78, 5) is 24.0. The summed E-state index contributed by atoms with van der Waals surface area (Å²) < 4.78 is 16.0. The third-order valence-electron chi connectivity index (χ3n) is 4.11. The Labute approximate surface area is 163 Å². The van der Waals surface area contributed by atoms with Crippen LogP contribution in [-0.2, 0) is 16.1 Å². The van der Waals surface area contributed by atoms with Crippen LogP contribution in [0, 0.1) is 13.8 Å². The number of amides is 1. The molecule has 28 heavy (non-hydrogen) atoms. The number of benzene rings is 2. The van der Waals surface area contributed by atoms with Crippen molar-refractivity contribution in [3.8, 4) is 5.75 Å². The van der Waals surface area contributed by atoms with Crippen molar-refractivity contribution < 1.29 is 23.5 Å². The number of aryl methyl sites for hydroxylation is 2. The van der Waals surface area contributed by atoms with Crippen molar-refractivity contribution in [2.75, 3.05) is 11.9 Å². The minimum absolute atomic E-state index is 0.0191. The Morgan fingerprint density at radius 1 is 0.964 bits per heavy atom. The summed E-state index contributed by atoms with van der Waals surface area (Å²) in [7, 11) is 0. The molecular weight excluding hydrogens is 358 g/mol. The van der Waals surface area contributed by atoms with Crippen molar-refractivity contribution in [2.45, 2.75) is 20.5 Å². The first-order chi connectivity index (χ1) is 13.5. The highest BCUT2D eigenvalue weighted by atomic mass is 16.6. The third kappa shape index (κ3) is 5.23. The Kier molecular flexibility index (Phi) is 6.11. The van der Waals surface area contributed by atoms with E-state index in [0.29, 0.717) is 17.2 Å². The van der Waals surface area contributed by atoms with Crippen LogP contribution in [0.1, 0.15) is 27.4 Å². The molecule has 6 heteroatoms. The first-order valence-corrected chi connectivity index (χ1v) is 8.82. The zero-order valence-electron chi connectivity index (χ0n) is 15.7. The van der Waals surface area contributed by atoms with Gasteiger partial charge in [-0.1, -0.05) is 24.3 Å². The summed E-state index contributed by atoms with van der Waals surface area (Å²) in [5.74, 6) is 0.0732. The van der Waals surface area contributed by atoms with E-state index in [-0.39, 0.29) is 12.4 Å². The highest BCUT2D eigenvalue weighted by molar-refractivity contribution is 5.94. The molecule has 0 aliphatic rings. The molecule has 1 amide bonds. The molecule has 2 aromatic carbocycles. The molecule has 0 saturated heterocycles. The Bertz CT molecular complexity index is 962. The van der Waals surface area contributed by atoms with E-state index in [9.17, 15) is 9.59 Å². The molecule has 1 aromatic heterocycles. The maximum atomic E-state index is 12.1. The van der Waals surface area contributed by atoms with Gasteiger partial charge >= 0.3 is 5.97 Å². The Morgan fingerprint density at radius 3 is 2.50 bits per heavy atom. The van der Waals surface area contributed by atoms with Crippen LogP contribution in [0.25, 0.3) is 0 Å². The quantitative estimate of drug-likeness (QED) is 0.620. The maximum absolute atomic E-state index is 12.1. The number of ether oxygens (including phenoxy) is 2. The number of carbonyl (C=O) groups excluding carboxylic acids is 2. The molecule has 3 rings (SSSR count). The highest BCUT2D eigenvalue weighted by Crippen LogP contribution is 2.15. The van der Waals surface area contributed by atoms with Gasteiger partial charge in [-0.05, 0) is 61.4 Å². The van der Waals surface area contributed by atoms with E-state index in [4.69, 9.17) is 13.9 Å². The lowest BCUT2D eigenvalue weighted by molar-refractivity contribution is -0.119. The summed E-state index contributed by atoms with van der Waals surface area (Å²) >= 11 is 0. The Hall–Kier alpha value is -3.54. The van der Waals surface area contributed by atoms with Gasteiger partial charge in [0.1, 0.15) is 18.1 Å². The van der Waals surface area contributed by atoms with Crippen molar-refractivity contribution in [2.24, 2.45) is 0 Å². The standard InChI is InChI=1S/C22H21NO5/c1-15-8-9-17(12-16(15)2)23-21(24)14-27-22(25)20-11-10-19(28-20)13-26-18-6-4-3-5-7-18/h3-12H,13-14H2,1-2H3,(H,23,24). The predicted molar refractivity (Wildman–Crippen MR) is 104 cm³/mol. The number of hydrogen-bond donors (Lipinski definition) is 1. The number of carbonyl (C=O) groups is 2. The normalized spacial score (nSPS) is 10.4. The molecule has 6 nitrogen and oxygen atoms in total. The Balaban J connectivity index is 1.47. The summed E-state index contributed by atoms with van der Waals surface area (Å²) in [5, 5.41) is 2.69. The van der Waals surface area contributed by atoms with Gasteiger partial charge in [-0.2, -0.15) is 0 Å². The van der Waals surface area contributed by atoms with Crippen LogP contribution < -0.4 is 10.1 Å². The number of esters is 1. The first kappa shape index (κ1) is 19.2. The average molecular weight is 379 g/mol. The molecule has 0 saturated carbocycles. The van der Waals surface area contributed by atoms with E-state index < -0.39 is 18.5 Å². The van der Waals surface area contributed by atoms with Crippen molar-refractivity contribution in [1.82, 2.24) is 0 Å². The van der Waals surface area contributed by atoms with Crippen molar-refractivity contribution in [3.05, 3.63) is 83.3 Å². The summed E-state index contributed by atoms with van der Waals surface area (Å²) in [6.07, 6.45) is 0. The summed E-state index contributed by atoms with van der Waals surface area (Å²) in [6, 6.07) is 18.0. The molecule has 0 spiro atoms. The smallest absolute Gasteiger partial charge is 0.374 e. The molecule has 0 atom stereocenters. The van der Waals surface area contributed by atoms with E-state index in [1.807, 2.05) is 56.3 Å².